The van der Waals surface area contributed by atoms with Gasteiger partial charge in [0.25, 0.3) is 5.91 Å². The molecule has 3 N–H and O–H groups in total. The fourth-order valence-corrected chi connectivity index (χ4v) is 3.34. The first-order valence-electron chi connectivity index (χ1n) is 7.39. The zero-order valence-corrected chi connectivity index (χ0v) is 13.4. The Bertz CT molecular complexity index is 802. The van der Waals surface area contributed by atoms with Gasteiger partial charge >= 0.3 is 5.97 Å². The second kappa shape index (κ2) is 6.79. The van der Waals surface area contributed by atoms with Crippen LogP contribution in [0.5, 0.6) is 0 Å². The van der Waals surface area contributed by atoms with E-state index in [2.05, 4.69) is 15.6 Å². The monoisotopic (exact) mass is 345 g/mol. The van der Waals surface area contributed by atoms with Crippen molar-refractivity contribution >= 4 is 29.1 Å². The Morgan fingerprint density at radius 1 is 1.33 bits per heavy atom. The summed E-state index contributed by atoms with van der Waals surface area (Å²) in [6.45, 7) is 0.369. The molecule has 0 fully saturated rings. The number of benzene rings is 1. The molecule has 2 heterocycles. The van der Waals surface area contributed by atoms with E-state index < -0.39 is 5.97 Å². The Kier molecular flexibility index (Phi) is 4.57. The Hall–Kier alpha value is -2.74. The highest BCUT2D eigenvalue weighted by Crippen LogP contribution is 2.27. The molecule has 0 aliphatic carbocycles. The van der Waals surface area contributed by atoms with Gasteiger partial charge < -0.3 is 15.7 Å². The topological polar surface area (TPSA) is 108 Å². The number of aromatic nitrogens is 1. The number of thiazole rings is 1. The van der Waals surface area contributed by atoms with E-state index in [9.17, 15) is 14.4 Å². The number of carbonyl (C=O) groups is 3. The fraction of sp³-hybridized carbons (Fsp3) is 0.250. The van der Waals surface area contributed by atoms with E-state index in [0.29, 0.717) is 23.5 Å². The number of carboxylic acids is 1. The van der Waals surface area contributed by atoms with E-state index in [-0.39, 0.29) is 30.0 Å². The summed E-state index contributed by atoms with van der Waals surface area (Å²) in [6, 6.07) is 6.90. The van der Waals surface area contributed by atoms with Crippen LogP contribution in [-0.4, -0.2) is 34.4 Å². The molecule has 0 bridgehead atoms. The largest absolute Gasteiger partial charge is 0.476 e. The lowest BCUT2D eigenvalue weighted by molar-refractivity contribution is -0.121. The van der Waals surface area contributed by atoms with E-state index in [1.807, 2.05) is 12.1 Å². The van der Waals surface area contributed by atoms with Crippen LogP contribution < -0.4 is 10.6 Å². The van der Waals surface area contributed by atoms with E-state index in [1.165, 1.54) is 16.7 Å². The summed E-state index contributed by atoms with van der Waals surface area (Å²) in [5.41, 5.74) is 1.47. The second-order valence-electron chi connectivity index (χ2n) is 5.35. The number of hydrogen-bond donors (Lipinski definition) is 3. The zero-order valence-electron chi connectivity index (χ0n) is 12.6. The van der Waals surface area contributed by atoms with Gasteiger partial charge in [0.2, 0.25) is 5.91 Å². The highest BCUT2D eigenvalue weighted by atomic mass is 32.1. The Morgan fingerprint density at radius 2 is 2.12 bits per heavy atom. The Balaban J connectivity index is 1.50. The number of amides is 2. The molecule has 1 aliphatic rings. The highest BCUT2D eigenvalue weighted by molar-refractivity contribution is 7.09. The molecule has 7 nitrogen and oxygen atoms in total. The van der Waals surface area contributed by atoms with E-state index in [4.69, 9.17) is 5.11 Å². The molecular formula is C16H15N3O4S. The number of hydrogen-bond acceptors (Lipinski definition) is 5. The molecule has 2 aromatic rings. The summed E-state index contributed by atoms with van der Waals surface area (Å²) in [4.78, 5) is 38.6. The number of fused-ring (bicyclic) bond motifs is 1. The fourth-order valence-electron chi connectivity index (χ4n) is 2.57. The van der Waals surface area contributed by atoms with E-state index >= 15 is 0 Å². The average Bonchev–Trinajstić information content (AvgIpc) is 3.14. The van der Waals surface area contributed by atoms with Crippen LogP contribution in [0.3, 0.4) is 0 Å². The molecule has 0 saturated heterocycles. The Labute approximate surface area is 141 Å². The van der Waals surface area contributed by atoms with Gasteiger partial charge in [-0.15, -0.1) is 11.3 Å². The molecule has 1 atom stereocenters. The molecule has 124 valence electrons. The predicted octanol–water partition coefficient (Wildman–Crippen LogP) is 1.37. The smallest absolute Gasteiger partial charge is 0.355 e. The van der Waals surface area contributed by atoms with Gasteiger partial charge in [0.05, 0.1) is 17.5 Å². The third-order valence-electron chi connectivity index (χ3n) is 3.71. The van der Waals surface area contributed by atoms with Crippen molar-refractivity contribution in [3.05, 3.63) is 51.5 Å². The maximum absolute atomic E-state index is 12.0. The molecule has 3 rings (SSSR count). The predicted molar refractivity (Wildman–Crippen MR) is 87.1 cm³/mol. The summed E-state index contributed by atoms with van der Waals surface area (Å²) < 4.78 is 0. The lowest BCUT2D eigenvalue weighted by Gasteiger charge is -2.11. The molecule has 1 aromatic heterocycles. The molecule has 0 saturated carbocycles. The quantitative estimate of drug-likeness (QED) is 0.733. The van der Waals surface area contributed by atoms with Gasteiger partial charge in [-0.1, -0.05) is 18.2 Å². The summed E-state index contributed by atoms with van der Waals surface area (Å²) in [5.74, 6) is -1.39. The SMILES string of the molecule is O=C(C[C@@H]1NC(=O)c2ccccc21)NCCc1nc(C(=O)O)cs1. The van der Waals surface area contributed by atoms with Gasteiger partial charge in [0, 0.05) is 23.9 Å². The molecular weight excluding hydrogens is 330 g/mol. The first-order valence-corrected chi connectivity index (χ1v) is 8.26. The van der Waals surface area contributed by atoms with E-state index in [1.54, 1.807) is 12.1 Å². The zero-order chi connectivity index (χ0) is 17.1. The number of rotatable bonds is 6. The van der Waals surface area contributed by atoms with Gasteiger partial charge in [-0.05, 0) is 11.6 Å². The van der Waals surface area contributed by atoms with Crippen LogP contribution in [0.4, 0.5) is 0 Å². The lowest BCUT2D eigenvalue weighted by atomic mass is 10.0. The summed E-state index contributed by atoms with van der Waals surface area (Å²) in [5, 5.41) is 16.5. The second-order valence-corrected chi connectivity index (χ2v) is 6.29. The number of aromatic carboxylic acids is 1. The minimum absolute atomic E-state index is 0.0200. The molecule has 1 aliphatic heterocycles. The number of carbonyl (C=O) groups excluding carboxylic acids is 2. The third-order valence-corrected chi connectivity index (χ3v) is 4.62. The van der Waals surface area contributed by atoms with Crippen molar-refractivity contribution < 1.29 is 19.5 Å². The first-order chi connectivity index (χ1) is 11.5. The molecule has 1 aromatic carbocycles. The van der Waals surface area contributed by atoms with Crippen LogP contribution in [0.25, 0.3) is 0 Å². The van der Waals surface area contributed by atoms with Crippen molar-refractivity contribution in [3.63, 3.8) is 0 Å². The van der Waals surface area contributed by atoms with Crippen LogP contribution in [0.15, 0.2) is 29.6 Å². The summed E-state index contributed by atoms with van der Waals surface area (Å²) >= 11 is 1.25. The van der Waals surface area contributed by atoms with Crippen molar-refractivity contribution in [2.45, 2.75) is 18.9 Å². The molecule has 24 heavy (non-hydrogen) atoms. The minimum atomic E-state index is -1.06. The normalized spacial score (nSPS) is 15.7. The van der Waals surface area contributed by atoms with Gasteiger partial charge in [-0.2, -0.15) is 0 Å². The third kappa shape index (κ3) is 3.43. The Morgan fingerprint density at radius 3 is 2.88 bits per heavy atom. The van der Waals surface area contributed by atoms with Crippen molar-refractivity contribution in [1.29, 1.82) is 0 Å². The number of carboxylic acid groups (broad SMARTS) is 1. The molecule has 2 amide bonds. The highest BCUT2D eigenvalue weighted by Gasteiger charge is 2.29. The van der Waals surface area contributed by atoms with Crippen LogP contribution in [0.1, 0.15) is 43.9 Å². The van der Waals surface area contributed by atoms with Crippen molar-refractivity contribution in [1.82, 2.24) is 15.6 Å². The molecule has 0 radical (unpaired) electrons. The lowest BCUT2D eigenvalue weighted by Crippen LogP contribution is -2.30. The maximum atomic E-state index is 12.0. The van der Waals surface area contributed by atoms with Crippen molar-refractivity contribution in [2.24, 2.45) is 0 Å². The van der Waals surface area contributed by atoms with Gasteiger partial charge in [0.1, 0.15) is 0 Å². The van der Waals surface area contributed by atoms with Gasteiger partial charge in [-0.3, -0.25) is 9.59 Å². The number of nitrogens with zero attached hydrogens (tertiary/aromatic N) is 1. The molecule has 0 spiro atoms. The first kappa shape index (κ1) is 16.1. The standard InChI is InChI=1S/C16H15N3O4S/c20-13(17-6-5-14-18-12(8-24-14)16(22)23)7-11-9-3-1-2-4-10(9)15(21)19-11/h1-4,8,11H,5-7H2,(H,17,20)(H,19,21)(H,22,23)/t11-/m0/s1. The molecule has 8 heteroatoms. The van der Waals surface area contributed by atoms with Crippen molar-refractivity contribution in [3.8, 4) is 0 Å². The van der Waals surface area contributed by atoms with Crippen molar-refractivity contribution in [2.75, 3.05) is 6.54 Å². The minimum Gasteiger partial charge on any atom is -0.476 e. The summed E-state index contributed by atoms with van der Waals surface area (Å²) in [6.07, 6.45) is 0.637. The average molecular weight is 345 g/mol. The van der Waals surface area contributed by atoms with Crippen LogP contribution >= 0.6 is 11.3 Å². The van der Waals surface area contributed by atoms with Crippen LogP contribution in [0, 0.1) is 0 Å². The number of nitrogens with one attached hydrogen (secondary N) is 2. The van der Waals surface area contributed by atoms with Gasteiger partial charge in [0.15, 0.2) is 5.69 Å². The molecule has 0 unspecified atom stereocenters. The van der Waals surface area contributed by atoms with Gasteiger partial charge in [-0.25, -0.2) is 9.78 Å². The van der Waals surface area contributed by atoms with Crippen LogP contribution in [-0.2, 0) is 11.2 Å². The van der Waals surface area contributed by atoms with Crippen LogP contribution in [0.2, 0.25) is 0 Å². The van der Waals surface area contributed by atoms with E-state index in [0.717, 1.165) is 5.56 Å². The summed E-state index contributed by atoms with van der Waals surface area (Å²) in [7, 11) is 0. The maximum Gasteiger partial charge on any atom is 0.355 e.